The van der Waals surface area contributed by atoms with Crippen LogP contribution in [0.1, 0.15) is 32.3 Å². The topological polar surface area (TPSA) is 26.0 Å². The first-order valence-corrected chi connectivity index (χ1v) is 5.01. The van der Waals surface area contributed by atoms with Gasteiger partial charge in [-0.25, -0.2) is 4.39 Å². The summed E-state index contributed by atoms with van der Waals surface area (Å²) in [5.74, 6) is 0. The highest BCUT2D eigenvalue weighted by molar-refractivity contribution is 5.54. The Morgan fingerprint density at radius 3 is 2.29 bits per heavy atom. The molecule has 0 amide bonds. The lowest BCUT2D eigenvalue weighted by atomic mass is 9.82. The molecule has 1 aliphatic carbocycles. The van der Waals surface area contributed by atoms with Gasteiger partial charge in [-0.3, -0.25) is 0 Å². The van der Waals surface area contributed by atoms with Gasteiger partial charge in [-0.05, 0) is 38.3 Å². The monoisotopic (exact) mass is 193 g/mol. The smallest absolute Gasteiger partial charge is 0.115 e. The van der Waals surface area contributed by atoms with Gasteiger partial charge in [0.05, 0.1) is 0 Å². The highest BCUT2D eigenvalue weighted by Gasteiger charge is 2.56. The minimum Gasteiger partial charge on any atom is -0.398 e. The fourth-order valence-electron chi connectivity index (χ4n) is 2.24. The zero-order valence-corrected chi connectivity index (χ0v) is 8.68. The number of benzene rings is 1. The summed E-state index contributed by atoms with van der Waals surface area (Å²) >= 11 is 0. The molecule has 2 N–H and O–H groups in total. The van der Waals surface area contributed by atoms with Gasteiger partial charge in [0.2, 0.25) is 0 Å². The summed E-state index contributed by atoms with van der Waals surface area (Å²) < 4.78 is 14.0. The third-order valence-electron chi connectivity index (χ3n) is 3.36. The molecule has 1 nitrogen and oxygen atoms in total. The van der Waals surface area contributed by atoms with Crippen molar-refractivity contribution in [3.05, 3.63) is 29.8 Å². The molecule has 0 aromatic heterocycles. The normalized spacial score (nSPS) is 19.4. The van der Waals surface area contributed by atoms with Gasteiger partial charge in [0.15, 0.2) is 0 Å². The number of halogens is 1. The predicted octanol–water partition coefficient (Wildman–Crippen LogP) is 3.05. The SMILES string of the molecule is CC(C)(F)C1(c2ccccc2N)CC1. The van der Waals surface area contributed by atoms with Crippen LogP contribution in [-0.4, -0.2) is 5.67 Å². The van der Waals surface area contributed by atoms with Crippen LogP contribution in [0.3, 0.4) is 0 Å². The van der Waals surface area contributed by atoms with Crippen molar-refractivity contribution >= 4 is 5.69 Å². The van der Waals surface area contributed by atoms with Crippen molar-refractivity contribution in [1.29, 1.82) is 0 Å². The Hall–Kier alpha value is -1.05. The molecular weight excluding hydrogens is 177 g/mol. The van der Waals surface area contributed by atoms with Crippen LogP contribution >= 0.6 is 0 Å². The number of rotatable bonds is 2. The predicted molar refractivity (Wildman–Crippen MR) is 57.0 cm³/mol. The van der Waals surface area contributed by atoms with Gasteiger partial charge < -0.3 is 5.73 Å². The Bertz CT molecular complexity index is 348. The Morgan fingerprint density at radius 2 is 1.86 bits per heavy atom. The molecule has 0 unspecified atom stereocenters. The number of hydrogen-bond donors (Lipinski definition) is 1. The molecule has 0 bridgehead atoms. The highest BCUT2D eigenvalue weighted by Crippen LogP contribution is 2.58. The highest BCUT2D eigenvalue weighted by atomic mass is 19.1. The van der Waals surface area contributed by atoms with Crippen LogP contribution in [0.4, 0.5) is 10.1 Å². The zero-order chi connectivity index (χ0) is 10.4. The maximum absolute atomic E-state index is 14.0. The summed E-state index contributed by atoms with van der Waals surface area (Å²) in [6, 6.07) is 7.61. The van der Waals surface area contributed by atoms with Gasteiger partial charge in [0, 0.05) is 11.1 Å². The average Bonchev–Trinajstić information content (AvgIpc) is 2.84. The van der Waals surface area contributed by atoms with Crippen LogP contribution < -0.4 is 5.73 Å². The van der Waals surface area contributed by atoms with Crippen LogP contribution in [0.25, 0.3) is 0 Å². The van der Waals surface area contributed by atoms with E-state index in [1.54, 1.807) is 13.8 Å². The Labute approximate surface area is 84.1 Å². The largest absolute Gasteiger partial charge is 0.398 e. The van der Waals surface area contributed by atoms with E-state index in [0.717, 1.165) is 24.1 Å². The van der Waals surface area contributed by atoms with Gasteiger partial charge in [-0.15, -0.1) is 0 Å². The molecule has 1 fully saturated rings. The Balaban J connectivity index is 2.46. The molecule has 14 heavy (non-hydrogen) atoms. The van der Waals surface area contributed by atoms with Gasteiger partial charge in [-0.2, -0.15) is 0 Å². The van der Waals surface area contributed by atoms with Crippen molar-refractivity contribution < 1.29 is 4.39 Å². The van der Waals surface area contributed by atoms with Gasteiger partial charge in [0.25, 0.3) is 0 Å². The summed E-state index contributed by atoms with van der Waals surface area (Å²) in [7, 11) is 0. The van der Waals surface area contributed by atoms with E-state index in [1.807, 2.05) is 24.3 Å². The standard InChI is InChI=1S/C12H16FN/c1-11(2,13)12(7-8-12)9-5-3-4-6-10(9)14/h3-6H,7-8,14H2,1-2H3. The molecular formula is C12H16FN. The van der Waals surface area contributed by atoms with Crippen molar-refractivity contribution in [3.8, 4) is 0 Å². The minimum atomic E-state index is -1.18. The zero-order valence-electron chi connectivity index (χ0n) is 8.68. The molecule has 2 rings (SSSR count). The Kier molecular flexibility index (Phi) is 1.85. The molecule has 0 saturated heterocycles. The molecule has 2 heteroatoms. The Morgan fingerprint density at radius 1 is 1.29 bits per heavy atom. The summed E-state index contributed by atoms with van der Waals surface area (Å²) in [6.07, 6.45) is 1.81. The third-order valence-corrected chi connectivity index (χ3v) is 3.36. The first-order chi connectivity index (χ1) is 6.47. The summed E-state index contributed by atoms with van der Waals surface area (Å²) in [4.78, 5) is 0. The summed E-state index contributed by atoms with van der Waals surface area (Å²) in [5.41, 5.74) is 6.07. The van der Waals surface area contributed by atoms with Crippen LogP contribution in [0.15, 0.2) is 24.3 Å². The second-order valence-corrected chi connectivity index (χ2v) is 4.64. The second kappa shape index (κ2) is 2.72. The summed E-state index contributed by atoms with van der Waals surface area (Å²) in [6.45, 7) is 3.29. The quantitative estimate of drug-likeness (QED) is 0.718. The number of hydrogen-bond acceptors (Lipinski definition) is 1. The van der Waals surface area contributed by atoms with E-state index >= 15 is 0 Å². The van der Waals surface area contributed by atoms with Crippen molar-refractivity contribution in [2.24, 2.45) is 0 Å². The van der Waals surface area contributed by atoms with E-state index in [2.05, 4.69) is 0 Å². The molecule has 0 heterocycles. The lowest BCUT2D eigenvalue weighted by Crippen LogP contribution is -2.32. The average molecular weight is 193 g/mol. The van der Waals surface area contributed by atoms with Crippen molar-refractivity contribution in [2.75, 3.05) is 5.73 Å². The molecule has 0 spiro atoms. The van der Waals surface area contributed by atoms with E-state index in [9.17, 15) is 4.39 Å². The van der Waals surface area contributed by atoms with E-state index in [-0.39, 0.29) is 5.41 Å². The molecule has 0 radical (unpaired) electrons. The van der Waals surface area contributed by atoms with Crippen molar-refractivity contribution in [3.63, 3.8) is 0 Å². The number of para-hydroxylation sites is 1. The molecule has 0 aliphatic heterocycles. The van der Waals surface area contributed by atoms with Crippen LogP contribution in [-0.2, 0) is 5.41 Å². The van der Waals surface area contributed by atoms with E-state index in [1.165, 1.54) is 0 Å². The van der Waals surface area contributed by atoms with Gasteiger partial charge >= 0.3 is 0 Å². The van der Waals surface area contributed by atoms with E-state index < -0.39 is 5.67 Å². The van der Waals surface area contributed by atoms with Crippen molar-refractivity contribution in [2.45, 2.75) is 37.8 Å². The lowest BCUT2D eigenvalue weighted by molar-refractivity contribution is 0.156. The first-order valence-electron chi connectivity index (χ1n) is 5.01. The van der Waals surface area contributed by atoms with E-state index in [0.29, 0.717) is 0 Å². The molecule has 1 aliphatic rings. The summed E-state index contributed by atoms with van der Waals surface area (Å²) in [5, 5.41) is 0. The van der Waals surface area contributed by atoms with Crippen LogP contribution in [0.2, 0.25) is 0 Å². The maximum Gasteiger partial charge on any atom is 0.115 e. The molecule has 1 aromatic rings. The first kappa shape index (κ1) is 9.50. The van der Waals surface area contributed by atoms with Gasteiger partial charge in [0.1, 0.15) is 5.67 Å². The number of nitrogen functional groups attached to an aromatic ring is 1. The lowest BCUT2D eigenvalue weighted by Gasteiger charge is -2.28. The number of anilines is 1. The second-order valence-electron chi connectivity index (χ2n) is 4.64. The molecule has 1 aromatic carbocycles. The minimum absolute atomic E-state index is 0.321. The van der Waals surface area contributed by atoms with Crippen LogP contribution in [0.5, 0.6) is 0 Å². The molecule has 0 atom stereocenters. The molecule has 76 valence electrons. The molecule has 1 saturated carbocycles. The van der Waals surface area contributed by atoms with E-state index in [4.69, 9.17) is 5.73 Å². The van der Waals surface area contributed by atoms with Crippen LogP contribution in [0, 0.1) is 0 Å². The third kappa shape index (κ3) is 1.21. The van der Waals surface area contributed by atoms with Crippen molar-refractivity contribution in [1.82, 2.24) is 0 Å². The number of alkyl halides is 1. The fourth-order valence-corrected chi connectivity index (χ4v) is 2.24. The maximum atomic E-state index is 14.0. The number of nitrogens with two attached hydrogens (primary N) is 1. The fraction of sp³-hybridized carbons (Fsp3) is 0.500. The van der Waals surface area contributed by atoms with Gasteiger partial charge in [-0.1, -0.05) is 18.2 Å².